The van der Waals surface area contributed by atoms with E-state index < -0.39 is 0 Å². The summed E-state index contributed by atoms with van der Waals surface area (Å²) in [4.78, 5) is 6.14. The topological polar surface area (TPSA) is 32.5 Å². The van der Waals surface area contributed by atoms with E-state index in [9.17, 15) is 0 Å². The Balaban J connectivity index is 1.89. The Morgan fingerprint density at radius 3 is 3.06 bits per heavy atom. The number of nitrogens with zero attached hydrogens (tertiary/aromatic N) is 2. The third kappa shape index (κ3) is 3.52. The summed E-state index contributed by atoms with van der Waals surface area (Å²) in [6, 6.07) is 5.10. The summed E-state index contributed by atoms with van der Waals surface area (Å²) in [5.74, 6) is 0. The van der Waals surface area contributed by atoms with E-state index >= 15 is 0 Å². The molecule has 2 atom stereocenters. The van der Waals surface area contributed by atoms with Crippen LogP contribution in [0, 0.1) is 0 Å². The van der Waals surface area contributed by atoms with Crippen LogP contribution in [0.3, 0.4) is 0 Å². The highest BCUT2D eigenvalue weighted by atomic mass is 32.1. The lowest BCUT2D eigenvalue weighted by Gasteiger charge is -2.28. The van der Waals surface area contributed by atoms with Gasteiger partial charge in [0.15, 0.2) is 0 Å². The van der Waals surface area contributed by atoms with Crippen molar-refractivity contribution < 1.29 is 0 Å². The highest BCUT2D eigenvalue weighted by Gasteiger charge is 2.26. The molecule has 2 N–H and O–H groups in total. The molecule has 0 amide bonds. The van der Waals surface area contributed by atoms with Crippen LogP contribution in [-0.2, 0) is 0 Å². The van der Waals surface area contributed by atoms with Gasteiger partial charge in [0, 0.05) is 24.0 Å². The van der Waals surface area contributed by atoms with Gasteiger partial charge in [-0.15, -0.1) is 11.3 Å². The molecule has 2 unspecified atom stereocenters. The van der Waals surface area contributed by atoms with E-state index in [1.807, 2.05) is 0 Å². The molecule has 1 saturated heterocycles. The van der Waals surface area contributed by atoms with Gasteiger partial charge in [0.05, 0.1) is 6.04 Å². The monoisotopic (exact) mass is 253 g/mol. The lowest BCUT2D eigenvalue weighted by atomic mass is 10.2. The minimum Gasteiger partial charge on any atom is -0.322 e. The molecule has 0 spiro atoms. The Kier molecular flexibility index (Phi) is 4.56. The molecule has 1 aromatic rings. The van der Waals surface area contributed by atoms with E-state index in [4.69, 9.17) is 5.73 Å². The second-order valence-corrected chi connectivity index (χ2v) is 6.15. The first kappa shape index (κ1) is 13.0. The number of hydrogen-bond donors (Lipinski definition) is 1. The first-order chi connectivity index (χ1) is 8.16. The normalized spacial score (nSPS) is 23.4. The number of rotatable bonds is 5. The van der Waals surface area contributed by atoms with Crippen molar-refractivity contribution in [1.82, 2.24) is 9.80 Å². The zero-order chi connectivity index (χ0) is 12.3. The molecular weight excluding hydrogens is 230 g/mol. The van der Waals surface area contributed by atoms with Crippen LogP contribution in [0.25, 0.3) is 0 Å². The third-order valence-corrected chi connectivity index (χ3v) is 4.42. The van der Waals surface area contributed by atoms with E-state index in [0.29, 0.717) is 6.04 Å². The smallest absolute Gasteiger partial charge is 0.0519 e. The van der Waals surface area contributed by atoms with Crippen LogP contribution in [0.15, 0.2) is 17.5 Å². The summed E-state index contributed by atoms with van der Waals surface area (Å²) < 4.78 is 0. The first-order valence-electron chi connectivity index (χ1n) is 6.34. The van der Waals surface area contributed by atoms with Crippen LogP contribution >= 0.6 is 11.3 Å². The third-order valence-electron chi connectivity index (χ3n) is 3.41. The molecule has 17 heavy (non-hydrogen) atoms. The fourth-order valence-corrected chi connectivity index (χ4v) is 3.33. The number of likely N-dealkylation sites (N-methyl/N-ethyl adjacent to an activating group) is 1. The van der Waals surface area contributed by atoms with Crippen molar-refractivity contribution >= 4 is 11.3 Å². The molecule has 0 aliphatic carbocycles. The maximum Gasteiger partial charge on any atom is 0.0519 e. The molecule has 4 heteroatoms. The predicted octanol–water partition coefficient (Wildman–Crippen LogP) is 1.77. The van der Waals surface area contributed by atoms with Crippen molar-refractivity contribution in [3.05, 3.63) is 22.4 Å². The van der Waals surface area contributed by atoms with Crippen LogP contribution in [0.4, 0.5) is 0 Å². The molecule has 0 aromatic carbocycles. The summed E-state index contributed by atoms with van der Waals surface area (Å²) in [5.41, 5.74) is 6.27. The minimum atomic E-state index is 0.178. The number of likely N-dealkylation sites (tertiary alicyclic amines) is 1. The highest BCUT2D eigenvalue weighted by molar-refractivity contribution is 7.10. The second kappa shape index (κ2) is 5.96. The van der Waals surface area contributed by atoms with Crippen molar-refractivity contribution in [3.8, 4) is 0 Å². The largest absolute Gasteiger partial charge is 0.322 e. The van der Waals surface area contributed by atoms with Crippen molar-refractivity contribution in [3.63, 3.8) is 0 Å². The molecule has 96 valence electrons. The predicted molar refractivity (Wildman–Crippen MR) is 74.4 cm³/mol. The molecule has 0 saturated carbocycles. The Bertz CT molecular complexity index is 323. The number of nitrogens with two attached hydrogens (primary N) is 1. The number of hydrogen-bond acceptors (Lipinski definition) is 4. The lowest BCUT2D eigenvalue weighted by molar-refractivity contribution is 0.199. The van der Waals surface area contributed by atoms with Crippen LogP contribution < -0.4 is 5.73 Å². The van der Waals surface area contributed by atoms with E-state index in [2.05, 4.69) is 41.4 Å². The molecule has 1 aliphatic rings. The summed E-state index contributed by atoms with van der Waals surface area (Å²) >= 11 is 1.77. The van der Waals surface area contributed by atoms with Gasteiger partial charge in [-0.2, -0.15) is 0 Å². The second-order valence-electron chi connectivity index (χ2n) is 5.18. The lowest BCUT2D eigenvalue weighted by Crippen LogP contribution is -2.40. The Labute approximate surface area is 108 Å². The van der Waals surface area contributed by atoms with Gasteiger partial charge in [-0.1, -0.05) is 6.07 Å². The SMILES string of the molecule is CN(C)CC1CCCN1CC(N)c1cccs1. The average molecular weight is 253 g/mol. The maximum absolute atomic E-state index is 6.27. The van der Waals surface area contributed by atoms with E-state index in [1.54, 1.807) is 11.3 Å². The van der Waals surface area contributed by atoms with Crippen LogP contribution in [0.5, 0.6) is 0 Å². The van der Waals surface area contributed by atoms with Gasteiger partial charge >= 0.3 is 0 Å². The Morgan fingerprint density at radius 1 is 1.59 bits per heavy atom. The van der Waals surface area contributed by atoms with Crippen LogP contribution in [0.2, 0.25) is 0 Å². The summed E-state index contributed by atoms with van der Waals surface area (Å²) in [5, 5.41) is 2.11. The molecule has 1 aromatic heterocycles. The molecular formula is C13H23N3S. The molecule has 2 heterocycles. The Morgan fingerprint density at radius 2 is 2.41 bits per heavy atom. The number of thiophene rings is 1. The van der Waals surface area contributed by atoms with E-state index in [-0.39, 0.29) is 6.04 Å². The average Bonchev–Trinajstić information content (AvgIpc) is 2.89. The zero-order valence-electron chi connectivity index (χ0n) is 10.8. The van der Waals surface area contributed by atoms with Crippen molar-refractivity contribution in [2.24, 2.45) is 5.73 Å². The minimum absolute atomic E-state index is 0.178. The van der Waals surface area contributed by atoms with Crippen LogP contribution in [-0.4, -0.2) is 49.6 Å². The standard InChI is InChI=1S/C13H23N3S/c1-15(2)9-11-5-3-7-16(11)10-12(14)13-6-4-8-17-13/h4,6,8,11-12H,3,5,7,9-10,14H2,1-2H3. The molecule has 1 aliphatic heterocycles. The highest BCUT2D eigenvalue weighted by Crippen LogP contribution is 2.23. The summed E-state index contributed by atoms with van der Waals surface area (Å²) in [6.45, 7) is 3.35. The fourth-order valence-electron chi connectivity index (χ4n) is 2.61. The first-order valence-corrected chi connectivity index (χ1v) is 7.22. The zero-order valence-corrected chi connectivity index (χ0v) is 11.6. The Hall–Kier alpha value is -0.420. The van der Waals surface area contributed by atoms with Crippen molar-refractivity contribution in [2.45, 2.75) is 24.9 Å². The summed E-state index contributed by atoms with van der Waals surface area (Å²) in [7, 11) is 4.30. The van der Waals surface area contributed by atoms with Gasteiger partial charge in [0.1, 0.15) is 0 Å². The van der Waals surface area contributed by atoms with Crippen LogP contribution in [0.1, 0.15) is 23.8 Å². The van der Waals surface area contributed by atoms with Gasteiger partial charge in [-0.05, 0) is 44.9 Å². The van der Waals surface area contributed by atoms with Gasteiger partial charge in [0.2, 0.25) is 0 Å². The molecule has 0 radical (unpaired) electrons. The van der Waals surface area contributed by atoms with E-state index in [1.165, 1.54) is 24.3 Å². The van der Waals surface area contributed by atoms with Gasteiger partial charge < -0.3 is 10.6 Å². The molecule has 3 nitrogen and oxygen atoms in total. The van der Waals surface area contributed by atoms with Gasteiger partial charge in [-0.3, -0.25) is 4.90 Å². The maximum atomic E-state index is 6.27. The quantitative estimate of drug-likeness (QED) is 0.868. The van der Waals surface area contributed by atoms with Gasteiger partial charge in [0.25, 0.3) is 0 Å². The molecule has 0 bridgehead atoms. The molecule has 2 rings (SSSR count). The molecule has 1 fully saturated rings. The fraction of sp³-hybridized carbons (Fsp3) is 0.692. The van der Waals surface area contributed by atoms with Crippen molar-refractivity contribution in [1.29, 1.82) is 0 Å². The van der Waals surface area contributed by atoms with Crippen molar-refractivity contribution in [2.75, 3.05) is 33.7 Å². The summed E-state index contributed by atoms with van der Waals surface area (Å²) in [6.07, 6.45) is 2.63. The van der Waals surface area contributed by atoms with E-state index in [0.717, 1.165) is 13.1 Å². The van der Waals surface area contributed by atoms with Gasteiger partial charge in [-0.25, -0.2) is 0 Å².